The van der Waals surface area contributed by atoms with Crippen LogP contribution in [0.4, 0.5) is 0 Å². The van der Waals surface area contributed by atoms with E-state index in [2.05, 4.69) is 20.9 Å². The minimum Gasteiger partial charge on any atom is -0.481 e. The van der Waals surface area contributed by atoms with Gasteiger partial charge in [-0.25, -0.2) is 0 Å². The normalized spacial score (nSPS) is 12.1. The smallest absolute Gasteiger partial charge is 0.311 e. The topological polar surface area (TPSA) is 50.2 Å². The fourth-order valence-electron chi connectivity index (χ4n) is 1.80. The van der Waals surface area contributed by atoms with Gasteiger partial charge in [0.15, 0.2) is 0 Å². The van der Waals surface area contributed by atoms with E-state index >= 15 is 0 Å². The highest BCUT2D eigenvalue weighted by Crippen LogP contribution is 2.23. The largest absolute Gasteiger partial charge is 0.481 e. The van der Waals surface area contributed by atoms with Gasteiger partial charge in [0, 0.05) is 16.9 Å². The molecule has 2 aromatic rings. The van der Waals surface area contributed by atoms with E-state index in [-0.39, 0.29) is 0 Å². The van der Waals surface area contributed by atoms with Gasteiger partial charge in [-0.3, -0.25) is 9.78 Å². The monoisotopic (exact) mass is 305 g/mol. The van der Waals surface area contributed by atoms with Gasteiger partial charge in [0.1, 0.15) is 0 Å². The second kappa shape index (κ2) is 5.78. The van der Waals surface area contributed by atoms with Crippen molar-refractivity contribution in [1.29, 1.82) is 0 Å². The van der Waals surface area contributed by atoms with Gasteiger partial charge in [0.25, 0.3) is 0 Å². The molecule has 0 spiro atoms. The Kier molecular flexibility index (Phi) is 4.10. The Balaban J connectivity index is 2.24. The molecule has 3 nitrogen and oxygen atoms in total. The van der Waals surface area contributed by atoms with E-state index in [9.17, 15) is 9.90 Å². The Morgan fingerprint density at radius 1 is 1.17 bits per heavy atom. The Morgan fingerprint density at radius 3 is 2.33 bits per heavy atom. The van der Waals surface area contributed by atoms with Crippen LogP contribution in [-0.4, -0.2) is 16.1 Å². The lowest BCUT2D eigenvalue weighted by molar-refractivity contribution is -0.138. The van der Waals surface area contributed by atoms with E-state index < -0.39 is 11.9 Å². The van der Waals surface area contributed by atoms with Crippen molar-refractivity contribution in [2.75, 3.05) is 0 Å². The second-order valence-corrected chi connectivity index (χ2v) is 4.92. The number of carboxylic acids is 1. The van der Waals surface area contributed by atoms with E-state index in [0.29, 0.717) is 6.42 Å². The number of benzene rings is 1. The molecule has 92 valence electrons. The lowest BCUT2D eigenvalue weighted by Gasteiger charge is -2.12. The number of aliphatic carboxylic acids is 1. The van der Waals surface area contributed by atoms with Crippen LogP contribution in [0.15, 0.2) is 53.3 Å². The predicted molar refractivity (Wildman–Crippen MR) is 72.5 cm³/mol. The summed E-state index contributed by atoms with van der Waals surface area (Å²) < 4.78 is 0.944. The number of halogens is 1. The van der Waals surface area contributed by atoms with E-state index in [1.54, 1.807) is 12.4 Å². The highest BCUT2D eigenvalue weighted by atomic mass is 79.9. The fourth-order valence-corrected chi connectivity index (χ4v) is 2.06. The number of hydrogen-bond acceptors (Lipinski definition) is 2. The molecule has 0 bridgehead atoms. The van der Waals surface area contributed by atoms with E-state index in [0.717, 1.165) is 15.6 Å². The zero-order valence-corrected chi connectivity index (χ0v) is 11.2. The lowest BCUT2D eigenvalue weighted by atomic mass is 9.92. The maximum absolute atomic E-state index is 11.4. The number of carbonyl (C=O) groups is 1. The van der Waals surface area contributed by atoms with Crippen molar-refractivity contribution in [3.63, 3.8) is 0 Å². The zero-order valence-electron chi connectivity index (χ0n) is 9.58. The van der Waals surface area contributed by atoms with Crippen molar-refractivity contribution in [2.24, 2.45) is 0 Å². The molecule has 0 radical (unpaired) electrons. The number of hydrogen-bond donors (Lipinski definition) is 1. The quantitative estimate of drug-likeness (QED) is 0.943. The maximum atomic E-state index is 11.4. The minimum atomic E-state index is -0.811. The van der Waals surface area contributed by atoms with Gasteiger partial charge < -0.3 is 5.11 Å². The summed E-state index contributed by atoms with van der Waals surface area (Å²) in [6.45, 7) is 0. The number of nitrogens with zero attached hydrogens (tertiary/aromatic N) is 1. The van der Waals surface area contributed by atoms with Crippen molar-refractivity contribution in [1.82, 2.24) is 4.98 Å². The molecule has 1 aromatic carbocycles. The first-order valence-corrected chi connectivity index (χ1v) is 6.33. The van der Waals surface area contributed by atoms with Crippen LogP contribution >= 0.6 is 15.9 Å². The zero-order chi connectivity index (χ0) is 13.0. The summed E-state index contributed by atoms with van der Waals surface area (Å²) in [4.78, 5) is 15.3. The summed E-state index contributed by atoms with van der Waals surface area (Å²) >= 11 is 3.34. The standard InChI is InChI=1S/C14H12BrNO2/c15-12-3-1-11(2-4-12)13(14(17)18)9-10-5-7-16-8-6-10/h1-8,13H,9H2,(H,17,18). The van der Waals surface area contributed by atoms with Crippen molar-refractivity contribution in [3.05, 3.63) is 64.4 Å². The third-order valence-corrected chi connectivity index (χ3v) is 3.29. The molecule has 0 aliphatic heterocycles. The highest BCUT2D eigenvalue weighted by Gasteiger charge is 2.20. The molecule has 2 rings (SSSR count). The fraction of sp³-hybridized carbons (Fsp3) is 0.143. The first-order valence-electron chi connectivity index (χ1n) is 5.54. The van der Waals surface area contributed by atoms with Crippen LogP contribution in [-0.2, 0) is 11.2 Å². The Bertz CT molecular complexity index is 525. The van der Waals surface area contributed by atoms with Crippen molar-refractivity contribution < 1.29 is 9.90 Å². The first kappa shape index (κ1) is 12.8. The van der Waals surface area contributed by atoms with E-state index in [4.69, 9.17) is 0 Å². The van der Waals surface area contributed by atoms with Gasteiger partial charge in [-0.15, -0.1) is 0 Å². The number of pyridine rings is 1. The number of rotatable bonds is 4. The Labute approximate surface area is 114 Å². The summed E-state index contributed by atoms with van der Waals surface area (Å²) in [5.41, 5.74) is 1.78. The van der Waals surface area contributed by atoms with Crippen molar-refractivity contribution in [2.45, 2.75) is 12.3 Å². The molecule has 1 N–H and O–H groups in total. The molecule has 4 heteroatoms. The molecular formula is C14H12BrNO2. The van der Waals surface area contributed by atoms with Crippen LogP contribution in [0.5, 0.6) is 0 Å². The van der Waals surface area contributed by atoms with Crippen molar-refractivity contribution in [3.8, 4) is 0 Å². The summed E-state index contributed by atoms with van der Waals surface area (Å²) in [6.07, 6.45) is 3.82. The highest BCUT2D eigenvalue weighted by molar-refractivity contribution is 9.10. The number of carboxylic acid groups (broad SMARTS) is 1. The SMILES string of the molecule is O=C(O)C(Cc1ccncc1)c1ccc(Br)cc1. The van der Waals surface area contributed by atoms with Crippen LogP contribution in [0.3, 0.4) is 0 Å². The second-order valence-electron chi connectivity index (χ2n) is 4.00. The summed E-state index contributed by atoms with van der Waals surface area (Å²) in [6, 6.07) is 11.1. The van der Waals surface area contributed by atoms with Crippen LogP contribution in [0, 0.1) is 0 Å². The average Bonchev–Trinajstić information content (AvgIpc) is 2.38. The summed E-state index contributed by atoms with van der Waals surface area (Å²) in [5.74, 6) is -1.34. The van der Waals surface area contributed by atoms with Gasteiger partial charge in [-0.05, 0) is 41.8 Å². The molecule has 1 unspecified atom stereocenters. The van der Waals surface area contributed by atoms with E-state index in [1.807, 2.05) is 36.4 Å². The van der Waals surface area contributed by atoms with Crippen molar-refractivity contribution >= 4 is 21.9 Å². The Morgan fingerprint density at radius 2 is 1.78 bits per heavy atom. The molecule has 18 heavy (non-hydrogen) atoms. The molecule has 0 saturated heterocycles. The number of aromatic nitrogens is 1. The van der Waals surface area contributed by atoms with Gasteiger partial charge >= 0.3 is 5.97 Å². The van der Waals surface area contributed by atoms with Crippen LogP contribution in [0.1, 0.15) is 17.0 Å². The third-order valence-electron chi connectivity index (χ3n) is 2.76. The van der Waals surface area contributed by atoms with E-state index in [1.165, 1.54) is 0 Å². The third kappa shape index (κ3) is 3.17. The molecule has 0 aliphatic carbocycles. The molecule has 1 atom stereocenters. The Hall–Kier alpha value is -1.68. The minimum absolute atomic E-state index is 0.472. The molecule has 0 aliphatic rings. The van der Waals surface area contributed by atoms with Gasteiger partial charge in [0.2, 0.25) is 0 Å². The van der Waals surface area contributed by atoms with Gasteiger partial charge in [0.05, 0.1) is 5.92 Å². The summed E-state index contributed by atoms with van der Waals surface area (Å²) in [7, 11) is 0. The molecule has 1 heterocycles. The van der Waals surface area contributed by atoms with Crippen LogP contribution < -0.4 is 0 Å². The van der Waals surface area contributed by atoms with Crippen LogP contribution in [0.25, 0.3) is 0 Å². The van der Waals surface area contributed by atoms with Gasteiger partial charge in [-0.1, -0.05) is 28.1 Å². The maximum Gasteiger partial charge on any atom is 0.311 e. The average molecular weight is 306 g/mol. The molecule has 0 amide bonds. The molecule has 1 aromatic heterocycles. The lowest BCUT2D eigenvalue weighted by Crippen LogP contribution is -2.14. The predicted octanol–water partition coefficient (Wildman–Crippen LogP) is 3.26. The van der Waals surface area contributed by atoms with Gasteiger partial charge in [-0.2, -0.15) is 0 Å². The molecular weight excluding hydrogens is 294 g/mol. The molecule has 0 saturated carbocycles. The first-order chi connectivity index (χ1) is 8.66. The summed E-state index contributed by atoms with van der Waals surface area (Å²) in [5, 5.41) is 9.33. The van der Waals surface area contributed by atoms with Crippen LogP contribution in [0.2, 0.25) is 0 Å². The molecule has 0 fully saturated rings.